The number of hydrogen-bond donors (Lipinski definition) is 2. The van der Waals surface area contributed by atoms with E-state index in [0.717, 1.165) is 0 Å². The Morgan fingerprint density at radius 1 is 1.43 bits per heavy atom. The number of amides is 2. The van der Waals surface area contributed by atoms with E-state index in [4.69, 9.17) is 5.73 Å². The predicted molar refractivity (Wildman–Crippen MR) is 89.3 cm³/mol. The van der Waals surface area contributed by atoms with Crippen LogP contribution in [0.1, 0.15) is 30.6 Å². The molecule has 1 saturated heterocycles. The lowest BCUT2D eigenvalue weighted by molar-refractivity contribution is -0.132. The van der Waals surface area contributed by atoms with E-state index in [2.05, 4.69) is 10.3 Å². The first kappa shape index (κ1) is 17.2. The van der Waals surface area contributed by atoms with Crippen molar-refractivity contribution in [2.75, 3.05) is 31.6 Å². The monoisotopic (exact) mass is 319 g/mol. The molecule has 0 unspecified atom stereocenters. The molecule has 1 aromatic heterocycles. The van der Waals surface area contributed by atoms with Crippen LogP contribution in [0.2, 0.25) is 0 Å². The molecule has 126 valence electrons. The molecule has 1 fully saturated rings. The summed E-state index contributed by atoms with van der Waals surface area (Å²) in [6.45, 7) is 5.73. The molecule has 2 atom stereocenters. The number of carbonyl (C=O) groups is 2. The van der Waals surface area contributed by atoms with Gasteiger partial charge in [-0.15, -0.1) is 0 Å². The predicted octanol–water partition coefficient (Wildman–Crippen LogP) is 0.216. The molecule has 7 heteroatoms. The van der Waals surface area contributed by atoms with Crippen molar-refractivity contribution < 1.29 is 9.59 Å². The summed E-state index contributed by atoms with van der Waals surface area (Å²) in [5.41, 5.74) is 6.55. The summed E-state index contributed by atoms with van der Waals surface area (Å²) in [7, 11) is 1.58. The Morgan fingerprint density at radius 3 is 2.74 bits per heavy atom. The second-order valence-corrected chi connectivity index (χ2v) is 5.63. The van der Waals surface area contributed by atoms with Gasteiger partial charge >= 0.3 is 0 Å². The van der Waals surface area contributed by atoms with Crippen LogP contribution in [0.15, 0.2) is 18.3 Å². The molecule has 0 radical (unpaired) electrons. The van der Waals surface area contributed by atoms with Gasteiger partial charge in [-0.3, -0.25) is 9.59 Å². The maximum atomic E-state index is 12.8. The van der Waals surface area contributed by atoms with Gasteiger partial charge in [0.1, 0.15) is 11.9 Å². The molecule has 2 heterocycles. The van der Waals surface area contributed by atoms with Crippen molar-refractivity contribution in [2.24, 2.45) is 5.73 Å². The first-order chi connectivity index (χ1) is 11.0. The van der Waals surface area contributed by atoms with E-state index in [1.807, 2.05) is 18.7 Å². The van der Waals surface area contributed by atoms with Gasteiger partial charge in [0, 0.05) is 38.9 Å². The zero-order valence-electron chi connectivity index (χ0n) is 14.0. The quantitative estimate of drug-likeness (QED) is 0.810. The normalized spacial score (nSPS) is 20.4. The number of nitrogens with two attached hydrogens (primary N) is 1. The maximum absolute atomic E-state index is 12.8. The minimum Gasteiger partial charge on any atom is -0.355 e. The van der Waals surface area contributed by atoms with Crippen LogP contribution in [-0.4, -0.2) is 60.5 Å². The third-order valence-corrected chi connectivity index (χ3v) is 4.22. The van der Waals surface area contributed by atoms with E-state index in [0.29, 0.717) is 37.4 Å². The van der Waals surface area contributed by atoms with Crippen LogP contribution < -0.4 is 16.0 Å². The number of aromatic nitrogens is 1. The number of nitrogens with zero attached hydrogens (tertiary/aromatic N) is 3. The van der Waals surface area contributed by atoms with Crippen LogP contribution in [0.5, 0.6) is 0 Å². The minimum atomic E-state index is -0.372. The van der Waals surface area contributed by atoms with Crippen molar-refractivity contribution in [3.8, 4) is 0 Å². The topological polar surface area (TPSA) is 91.6 Å². The molecular formula is C16H25N5O2. The van der Waals surface area contributed by atoms with E-state index in [1.165, 1.54) is 0 Å². The smallest absolute Gasteiger partial charge is 0.254 e. The summed E-state index contributed by atoms with van der Waals surface area (Å²) in [5.74, 6) is 0.337. The molecule has 2 amide bonds. The van der Waals surface area contributed by atoms with E-state index in [9.17, 15) is 9.59 Å². The van der Waals surface area contributed by atoms with E-state index in [-0.39, 0.29) is 23.9 Å². The number of rotatable bonds is 5. The number of pyridine rings is 1. The summed E-state index contributed by atoms with van der Waals surface area (Å²) >= 11 is 0. The molecule has 3 N–H and O–H groups in total. The molecule has 1 aromatic rings. The molecule has 0 saturated carbocycles. The largest absolute Gasteiger partial charge is 0.355 e. The highest BCUT2D eigenvalue weighted by Gasteiger charge is 2.39. The maximum Gasteiger partial charge on any atom is 0.254 e. The molecular weight excluding hydrogens is 294 g/mol. The van der Waals surface area contributed by atoms with Crippen molar-refractivity contribution in [3.05, 3.63) is 23.9 Å². The summed E-state index contributed by atoms with van der Waals surface area (Å²) < 4.78 is 0. The Hall–Kier alpha value is -2.15. The van der Waals surface area contributed by atoms with Crippen LogP contribution in [0.3, 0.4) is 0 Å². The average molecular weight is 319 g/mol. The van der Waals surface area contributed by atoms with Crippen molar-refractivity contribution in [3.63, 3.8) is 0 Å². The Labute approximate surface area is 136 Å². The van der Waals surface area contributed by atoms with Crippen molar-refractivity contribution in [1.29, 1.82) is 0 Å². The van der Waals surface area contributed by atoms with Gasteiger partial charge < -0.3 is 20.9 Å². The molecule has 23 heavy (non-hydrogen) atoms. The number of likely N-dealkylation sites (N-methyl/N-ethyl adjacent to an activating group) is 1. The third kappa shape index (κ3) is 3.44. The van der Waals surface area contributed by atoms with E-state index in [1.54, 1.807) is 30.3 Å². The summed E-state index contributed by atoms with van der Waals surface area (Å²) in [5, 5.41) is 2.61. The Morgan fingerprint density at radius 2 is 2.13 bits per heavy atom. The van der Waals surface area contributed by atoms with Crippen LogP contribution in [-0.2, 0) is 4.79 Å². The second-order valence-electron chi connectivity index (χ2n) is 5.63. The molecule has 7 nitrogen and oxygen atoms in total. The molecule has 0 aliphatic carbocycles. The fraction of sp³-hybridized carbons (Fsp3) is 0.562. The van der Waals surface area contributed by atoms with Gasteiger partial charge in [0.05, 0.1) is 5.56 Å². The standard InChI is InChI=1S/C16H25N5O2/c1-4-20(5-2)16(23)13-9-11(17)10-21(13)14-12(15(22)18-3)7-6-8-19-14/h6-8,11,13H,4-5,9-10,17H2,1-3H3,(H,18,22)/t11-,13+/m1/s1. The Balaban J connectivity index is 2.37. The van der Waals surface area contributed by atoms with E-state index >= 15 is 0 Å². The van der Waals surface area contributed by atoms with E-state index < -0.39 is 0 Å². The first-order valence-corrected chi connectivity index (χ1v) is 8.01. The highest BCUT2D eigenvalue weighted by atomic mass is 16.2. The Bertz CT molecular complexity index is 573. The van der Waals surface area contributed by atoms with Crippen molar-refractivity contribution >= 4 is 17.6 Å². The molecule has 1 aliphatic rings. The van der Waals surface area contributed by atoms with Gasteiger partial charge in [0.25, 0.3) is 5.91 Å². The summed E-state index contributed by atoms with van der Waals surface area (Å²) in [6.07, 6.45) is 2.20. The fourth-order valence-corrected chi connectivity index (χ4v) is 3.02. The zero-order valence-corrected chi connectivity index (χ0v) is 14.0. The lowest BCUT2D eigenvalue weighted by Gasteiger charge is -2.30. The third-order valence-electron chi connectivity index (χ3n) is 4.22. The van der Waals surface area contributed by atoms with Crippen molar-refractivity contribution in [2.45, 2.75) is 32.4 Å². The van der Waals surface area contributed by atoms with Crippen LogP contribution in [0.25, 0.3) is 0 Å². The van der Waals surface area contributed by atoms with Gasteiger partial charge in [-0.05, 0) is 32.4 Å². The minimum absolute atomic E-state index is 0.0384. The molecule has 0 bridgehead atoms. The van der Waals surface area contributed by atoms with Gasteiger partial charge in [-0.1, -0.05) is 0 Å². The number of hydrogen-bond acceptors (Lipinski definition) is 5. The van der Waals surface area contributed by atoms with Crippen LogP contribution in [0.4, 0.5) is 5.82 Å². The summed E-state index contributed by atoms with van der Waals surface area (Å²) in [4.78, 5) is 32.9. The molecule has 0 spiro atoms. The SMILES string of the molecule is CCN(CC)C(=O)[C@@H]1C[C@@H](N)CN1c1ncccc1C(=O)NC. The van der Waals surface area contributed by atoms with Gasteiger partial charge in [-0.25, -0.2) is 4.98 Å². The number of anilines is 1. The first-order valence-electron chi connectivity index (χ1n) is 8.01. The second kappa shape index (κ2) is 7.41. The molecule has 1 aliphatic heterocycles. The van der Waals surface area contributed by atoms with Crippen molar-refractivity contribution in [1.82, 2.24) is 15.2 Å². The van der Waals surface area contributed by atoms with Crippen LogP contribution in [0, 0.1) is 0 Å². The fourth-order valence-electron chi connectivity index (χ4n) is 3.02. The molecule has 2 rings (SSSR count). The summed E-state index contributed by atoms with van der Waals surface area (Å²) in [6, 6.07) is 2.94. The van der Waals surface area contributed by atoms with Gasteiger partial charge in [0.15, 0.2) is 0 Å². The Kier molecular flexibility index (Phi) is 5.54. The van der Waals surface area contributed by atoms with Gasteiger partial charge in [0.2, 0.25) is 5.91 Å². The number of nitrogens with one attached hydrogen (secondary N) is 1. The van der Waals surface area contributed by atoms with Gasteiger partial charge in [-0.2, -0.15) is 0 Å². The number of carbonyl (C=O) groups excluding carboxylic acids is 2. The highest BCUT2D eigenvalue weighted by Crippen LogP contribution is 2.27. The molecule has 0 aromatic carbocycles. The zero-order chi connectivity index (χ0) is 17.0. The lowest BCUT2D eigenvalue weighted by Crippen LogP contribution is -2.46. The lowest BCUT2D eigenvalue weighted by atomic mass is 10.1. The average Bonchev–Trinajstić information content (AvgIpc) is 2.96. The van der Waals surface area contributed by atoms with Crippen LogP contribution >= 0.6 is 0 Å². The highest BCUT2D eigenvalue weighted by molar-refractivity contribution is 5.99.